The highest BCUT2D eigenvalue weighted by atomic mass is 32.2. The van der Waals surface area contributed by atoms with Gasteiger partial charge in [0.05, 0.1) is 12.7 Å². The average Bonchev–Trinajstić information content (AvgIpc) is 2.86. The summed E-state index contributed by atoms with van der Waals surface area (Å²) in [6.07, 6.45) is 3.33. The molecule has 0 aliphatic carbocycles. The highest BCUT2D eigenvalue weighted by Gasteiger charge is 2.49. The summed E-state index contributed by atoms with van der Waals surface area (Å²) in [7, 11) is 1.53. The third kappa shape index (κ3) is 1.87. The van der Waals surface area contributed by atoms with Crippen molar-refractivity contribution in [1.29, 1.82) is 0 Å². The Kier molecular flexibility index (Phi) is 2.98. The minimum atomic E-state index is -1.08. The molecule has 1 fully saturated rings. The molecule has 1 atom stereocenters. The van der Waals surface area contributed by atoms with Gasteiger partial charge in [-0.1, -0.05) is 0 Å². The molecule has 2 aliphatic heterocycles. The van der Waals surface area contributed by atoms with E-state index in [-0.39, 0.29) is 17.0 Å². The van der Waals surface area contributed by atoms with Crippen LogP contribution in [0.2, 0.25) is 0 Å². The number of β-lactam (4-membered cyclic amide) rings is 1. The number of carbonyl (C=O) groups is 2. The van der Waals surface area contributed by atoms with Crippen molar-refractivity contribution in [3.8, 4) is 5.88 Å². The van der Waals surface area contributed by atoms with Crippen molar-refractivity contribution in [1.82, 2.24) is 9.88 Å². The molecule has 0 spiro atoms. The predicted octanol–water partition coefficient (Wildman–Crippen LogP) is 1.31. The van der Waals surface area contributed by atoms with E-state index in [1.807, 2.05) is 0 Å². The number of pyridine rings is 1. The summed E-state index contributed by atoms with van der Waals surface area (Å²) in [6.45, 7) is 0. The van der Waals surface area contributed by atoms with Crippen LogP contribution in [-0.2, 0) is 9.59 Å². The number of nitrogens with zero attached hydrogens (tertiary/aromatic N) is 2. The molecule has 0 saturated carbocycles. The second kappa shape index (κ2) is 4.68. The third-order valence-corrected chi connectivity index (χ3v) is 4.13. The number of carboxylic acid groups (broad SMARTS) is 1. The second-order valence-electron chi connectivity index (χ2n) is 4.21. The monoisotopic (exact) mass is 290 g/mol. The molecule has 20 heavy (non-hydrogen) atoms. The Bertz CT molecular complexity index is 651. The van der Waals surface area contributed by atoms with Gasteiger partial charge in [0.15, 0.2) is 0 Å². The molecule has 0 aromatic carbocycles. The number of amides is 1. The Balaban J connectivity index is 1.82. The van der Waals surface area contributed by atoms with Gasteiger partial charge in [0.25, 0.3) is 5.91 Å². The number of methoxy groups -OCH3 is 1. The molecule has 102 valence electrons. The Hall–Kier alpha value is -2.28. The van der Waals surface area contributed by atoms with E-state index in [9.17, 15) is 9.59 Å². The van der Waals surface area contributed by atoms with Gasteiger partial charge in [0.2, 0.25) is 5.88 Å². The average molecular weight is 290 g/mol. The van der Waals surface area contributed by atoms with E-state index in [0.29, 0.717) is 11.5 Å². The molecule has 1 amide bonds. The molecule has 2 aliphatic rings. The second-order valence-corrected chi connectivity index (χ2v) is 5.16. The van der Waals surface area contributed by atoms with Crippen molar-refractivity contribution in [3.63, 3.8) is 0 Å². The quantitative estimate of drug-likeness (QED) is 0.668. The van der Waals surface area contributed by atoms with Gasteiger partial charge in [-0.15, -0.1) is 11.8 Å². The summed E-state index contributed by atoms with van der Waals surface area (Å²) < 4.78 is 4.96. The lowest BCUT2D eigenvalue weighted by atomic mass is 10.0. The van der Waals surface area contributed by atoms with Gasteiger partial charge in [-0.25, -0.2) is 9.78 Å². The standard InChI is InChI=1S/C13H10N2O4S/c1-19-10-3-2-7(5-14-10)4-8-11(16)15-9(13(17)18)6-20-12(8)15/h2-6,12H,1H3,(H,17,18)/b8-4+/t12-/m1/s1. The number of aromatic nitrogens is 1. The fourth-order valence-electron chi connectivity index (χ4n) is 2.04. The number of rotatable bonds is 3. The highest BCUT2D eigenvalue weighted by Crippen LogP contribution is 2.45. The lowest BCUT2D eigenvalue weighted by molar-refractivity contribution is -0.141. The van der Waals surface area contributed by atoms with Crippen LogP contribution in [0.3, 0.4) is 0 Å². The predicted molar refractivity (Wildman–Crippen MR) is 72.7 cm³/mol. The summed E-state index contributed by atoms with van der Waals surface area (Å²) in [5.41, 5.74) is 1.39. The van der Waals surface area contributed by atoms with Crippen LogP contribution < -0.4 is 4.74 Å². The van der Waals surface area contributed by atoms with E-state index in [0.717, 1.165) is 5.56 Å². The van der Waals surface area contributed by atoms with E-state index in [4.69, 9.17) is 9.84 Å². The highest BCUT2D eigenvalue weighted by molar-refractivity contribution is 8.03. The minimum absolute atomic E-state index is 0.0370. The summed E-state index contributed by atoms with van der Waals surface area (Å²) in [5.74, 6) is -0.859. The van der Waals surface area contributed by atoms with Crippen LogP contribution in [-0.4, -0.2) is 39.4 Å². The Morgan fingerprint density at radius 3 is 2.95 bits per heavy atom. The van der Waals surface area contributed by atoms with Crippen molar-refractivity contribution in [2.45, 2.75) is 5.37 Å². The largest absolute Gasteiger partial charge is 0.481 e. The molecule has 0 unspecified atom stereocenters. The fourth-order valence-corrected chi connectivity index (χ4v) is 3.16. The first kappa shape index (κ1) is 12.7. The van der Waals surface area contributed by atoms with Crippen molar-refractivity contribution in [2.24, 2.45) is 0 Å². The van der Waals surface area contributed by atoms with Crippen LogP contribution in [0.1, 0.15) is 5.56 Å². The van der Waals surface area contributed by atoms with Gasteiger partial charge in [-0.05, 0) is 17.7 Å². The number of carbonyl (C=O) groups excluding carboxylic acids is 1. The summed E-state index contributed by atoms with van der Waals surface area (Å²) in [4.78, 5) is 28.3. The first-order valence-electron chi connectivity index (χ1n) is 5.76. The van der Waals surface area contributed by atoms with E-state index < -0.39 is 5.97 Å². The number of hydrogen-bond acceptors (Lipinski definition) is 5. The Labute approximate surface area is 118 Å². The first-order chi connectivity index (χ1) is 9.61. The molecule has 0 bridgehead atoms. The Morgan fingerprint density at radius 2 is 2.35 bits per heavy atom. The van der Waals surface area contributed by atoms with Crippen molar-refractivity contribution in [3.05, 3.63) is 40.6 Å². The molecule has 0 radical (unpaired) electrons. The van der Waals surface area contributed by atoms with Crippen LogP contribution in [0.25, 0.3) is 6.08 Å². The topological polar surface area (TPSA) is 79.7 Å². The van der Waals surface area contributed by atoms with Crippen LogP contribution in [0, 0.1) is 0 Å². The molecular formula is C13H10N2O4S. The summed E-state index contributed by atoms with van der Waals surface area (Å²) in [6, 6.07) is 3.50. The maximum Gasteiger partial charge on any atom is 0.353 e. The van der Waals surface area contributed by atoms with E-state index in [2.05, 4.69) is 4.98 Å². The van der Waals surface area contributed by atoms with Crippen molar-refractivity contribution in [2.75, 3.05) is 7.11 Å². The molecule has 1 saturated heterocycles. The van der Waals surface area contributed by atoms with Gasteiger partial charge in [-0.2, -0.15) is 0 Å². The minimum Gasteiger partial charge on any atom is -0.481 e. The zero-order valence-corrected chi connectivity index (χ0v) is 11.3. The van der Waals surface area contributed by atoms with Crippen molar-refractivity contribution < 1.29 is 19.4 Å². The number of ether oxygens (including phenoxy) is 1. The molecule has 3 heterocycles. The fraction of sp³-hybridized carbons (Fsp3) is 0.154. The number of aliphatic carboxylic acids is 1. The number of hydrogen-bond donors (Lipinski definition) is 1. The van der Waals surface area contributed by atoms with Gasteiger partial charge in [0, 0.05) is 17.7 Å². The lowest BCUT2D eigenvalue weighted by Gasteiger charge is -2.37. The van der Waals surface area contributed by atoms with Gasteiger partial charge >= 0.3 is 5.97 Å². The van der Waals surface area contributed by atoms with Crippen LogP contribution in [0.4, 0.5) is 0 Å². The zero-order chi connectivity index (χ0) is 14.3. The molecule has 6 nitrogen and oxygen atoms in total. The van der Waals surface area contributed by atoms with Crippen LogP contribution in [0.15, 0.2) is 35.0 Å². The summed E-state index contributed by atoms with van der Waals surface area (Å²) >= 11 is 1.32. The SMILES string of the molecule is COc1ccc(/C=C2\C(=O)N3C(C(=O)O)=CS[C@H]23)cn1. The first-order valence-corrected chi connectivity index (χ1v) is 6.70. The number of thioether (sulfide) groups is 1. The zero-order valence-electron chi connectivity index (χ0n) is 10.4. The Morgan fingerprint density at radius 1 is 1.55 bits per heavy atom. The van der Waals surface area contributed by atoms with Crippen LogP contribution >= 0.6 is 11.8 Å². The lowest BCUT2D eigenvalue weighted by Crippen LogP contribution is -2.51. The third-order valence-electron chi connectivity index (χ3n) is 3.04. The van der Waals surface area contributed by atoms with Gasteiger partial charge in [0.1, 0.15) is 11.1 Å². The normalized spacial score (nSPS) is 22.4. The van der Waals surface area contributed by atoms with E-state index >= 15 is 0 Å². The van der Waals surface area contributed by atoms with Crippen molar-refractivity contribution >= 4 is 29.7 Å². The number of carboxylic acids is 1. The molecule has 1 aromatic rings. The molecule has 1 aromatic heterocycles. The van der Waals surface area contributed by atoms with E-state index in [1.165, 1.54) is 29.2 Å². The molecule has 1 N–H and O–H groups in total. The van der Waals surface area contributed by atoms with E-state index in [1.54, 1.807) is 24.4 Å². The molecule has 3 rings (SSSR count). The van der Waals surface area contributed by atoms with Crippen LogP contribution in [0.5, 0.6) is 5.88 Å². The summed E-state index contributed by atoms with van der Waals surface area (Å²) in [5, 5.41) is 10.2. The number of fused-ring (bicyclic) bond motifs is 1. The maximum atomic E-state index is 12.0. The molecule has 7 heteroatoms. The maximum absolute atomic E-state index is 12.0. The van der Waals surface area contributed by atoms with Gasteiger partial charge in [-0.3, -0.25) is 9.69 Å². The van der Waals surface area contributed by atoms with Gasteiger partial charge < -0.3 is 9.84 Å². The molecular weight excluding hydrogens is 280 g/mol. The smallest absolute Gasteiger partial charge is 0.353 e.